The highest BCUT2D eigenvalue weighted by Gasteiger charge is 2.19. The van der Waals surface area contributed by atoms with Gasteiger partial charge in [-0.15, -0.1) is 0 Å². The van der Waals surface area contributed by atoms with Crippen LogP contribution in [0.15, 0.2) is 47.5 Å². The molecule has 8 heteroatoms. The molecule has 0 atom stereocenters. The summed E-state index contributed by atoms with van der Waals surface area (Å²) >= 11 is 11.5. The summed E-state index contributed by atoms with van der Waals surface area (Å²) in [5.41, 5.74) is 1.36. The zero-order valence-electron chi connectivity index (χ0n) is 10.5. The van der Waals surface area contributed by atoms with Crippen LogP contribution in [0, 0.1) is 0 Å². The average Bonchev–Trinajstić information content (AvgIpc) is 2.85. The number of sulfonamides is 1. The minimum atomic E-state index is -3.83. The van der Waals surface area contributed by atoms with Crippen molar-refractivity contribution in [2.75, 3.05) is 4.72 Å². The number of aromatic nitrogens is 2. The molecule has 0 aliphatic rings. The fraction of sp³-hybridized carbons (Fsp3) is 0. The number of hydrogen-bond acceptors (Lipinski definition) is 3. The van der Waals surface area contributed by atoms with Gasteiger partial charge in [-0.25, -0.2) is 13.4 Å². The van der Waals surface area contributed by atoms with Crippen molar-refractivity contribution >= 4 is 49.8 Å². The molecule has 0 saturated heterocycles. The lowest BCUT2D eigenvalue weighted by atomic mass is 10.2. The maximum absolute atomic E-state index is 12.3. The predicted octanol–water partition coefficient (Wildman–Crippen LogP) is 3.67. The van der Waals surface area contributed by atoms with Crippen LogP contribution < -0.4 is 4.72 Å². The molecule has 0 spiro atoms. The van der Waals surface area contributed by atoms with Crippen molar-refractivity contribution in [2.24, 2.45) is 0 Å². The molecule has 0 saturated carbocycles. The van der Waals surface area contributed by atoms with Gasteiger partial charge >= 0.3 is 0 Å². The first-order valence-electron chi connectivity index (χ1n) is 5.88. The lowest BCUT2D eigenvalue weighted by Crippen LogP contribution is -2.13. The molecule has 0 fully saturated rings. The van der Waals surface area contributed by atoms with Crippen molar-refractivity contribution in [1.82, 2.24) is 9.97 Å². The molecule has 21 heavy (non-hydrogen) atoms. The van der Waals surface area contributed by atoms with Gasteiger partial charge in [0.15, 0.2) is 5.15 Å². The van der Waals surface area contributed by atoms with Gasteiger partial charge in [-0.05, 0) is 36.4 Å². The van der Waals surface area contributed by atoms with E-state index in [1.54, 1.807) is 24.4 Å². The number of benzene rings is 1. The summed E-state index contributed by atoms with van der Waals surface area (Å²) < 4.78 is 27.1. The topological polar surface area (TPSA) is 74.8 Å². The summed E-state index contributed by atoms with van der Waals surface area (Å²) in [7, 11) is -3.83. The molecule has 0 bridgehead atoms. The number of rotatable bonds is 3. The van der Waals surface area contributed by atoms with Crippen molar-refractivity contribution in [3.63, 3.8) is 0 Å². The Morgan fingerprint density at radius 1 is 1.10 bits per heavy atom. The predicted molar refractivity (Wildman–Crippen MR) is 83.4 cm³/mol. The molecule has 0 aliphatic carbocycles. The van der Waals surface area contributed by atoms with Crippen molar-refractivity contribution in [3.05, 3.63) is 52.9 Å². The summed E-state index contributed by atoms with van der Waals surface area (Å²) in [6, 6.07) is 9.71. The van der Waals surface area contributed by atoms with Gasteiger partial charge in [-0.2, -0.15) is 0 Å². The first-order chi connectivity index (χ1) is 9.95. The quantitative estimate of drug-likeness (QED) is 0.713. The Morgan fingerprint density at radius 2 is 1.90 bits per heavy atom. The van der Waals surface area contributed by atoms with Gasteiger partial charge in [-0.3, -0.25) is 4.72 Å². The van der Waals surface area contributed by atoms with Crippen molar-refractivity contribution in [2.45, 2.75) is 4.90 Å². The molecule has 1 aromatic carbocycles. The fourth-order valence-electron chi connectivity index (χ4n) is 1.93. The molecule has 0 amide bonds. The molecule has 0 radical (unpaired) electrons. The number of nitrogens with zero attached hydrogens (tertiary/aromatic N) is 1. The van der Waals surface area contributed by atoms with Crippen molar-refractivity contribution in [1.29, 1.82) is 0 Å². The van der Waals surface area contributed by atoms with E-state index in [2.05, 4.69) is 14.7 Å². The summed E-state index contributed by atoms with van der Waals surface area (Å²) in [6.45, 7) is 0. The smallest absolute Gasteiger partial charge is 0.264 e. The number of fused-ring (bicyclic) bond motifs is 1. The number of nitrogens with one attached hydrogen (secondary N) is 2. The van der Waals surface area contributed by atoms with E-state index in [9.17, 15) is 8.42 Å². The first kappa shape index (κ1) is 14.2. The van der Waals surface area contributed by atoms with Gasteiger partial charge in [0.25, 0.3) is 10.0 Å². The van der Waals surface area contributed by atoms with E-state index in [-0.39, 0.29) is 15.2 Å². The largest absolute Gasteiger partial charge is 0.361 e. The summed E-state index contributed by atoms with van der Waals surface area (Å²) in [5.74, 6) is 0. The van der Waals surface area contributed by atoms with E-state index in [4.69, 9.17) is 23.2 Å². The average molecular weight is 342 g/mol. The van der Waals surface area contributed by atoms with Crippen LogP contribution in [0.1, 0.15) is 0 Å². The Bertz CT molecular complexity index is 922. The number of aromatic amines is 1. The highest BCUT2D eigenvalue weighted by atomic mass is 35.5. The monoisotopic (exact) mass is 341 g/mol. The Kier molecular flexibility index (Phi) is 3.52. The molecule has 2 heterocycles. The lowest BCUT2D eigenvalue weighted by Gasteiger charge is -2.09. The van der Waals surface area contributed by atoms with Gasteiger partial charge in [0.2, 0.25) is 0 Å². The second kappa shape index (κ2) is 5.22. The van der Waals surface area contributed by atoms with Crippen molar-refractivity contribution in [3.8, 4) is 0 Å². The first-order valence-corrected chi connectivity index (χ1v) is 8.12. The van der Waals surface area contributed by atoms with Crippen LogP contribution >= 0.6 is 23.2 Å². The van der Waals surface area contributed by atoms with Gasteiger partial charge in [-0.1, -0.05) is 23.2 Å². The minimum absolute atomic E-state index is 0.122. The lowest BCUT2D eigenvalue weighted by molar-refractivity contribution is 0.601. The number of anilines is 1. The maximum Gasteiger partial charge on any atom is 0.264 e. The third kappa shape index (κ3) is 2.83. The summed E-state index contributed by atoms with van der Waals surface area (Å²) in [4.78, 5) is 6.64. The van der Waals surface area contributed by atoms with Gasteiger partial charge in [0.05, 0.1) is 0 Å². The third-order valence-corrected chi connectivity index (χ3v) is 4.90. The van der Waals surface area contributed by atoms with Crippen LogP contribution in [0.3, 0.4) is 0 Å². The van der Waals surface area contributed by atoms with Crippen molar-refractivity contribution < 1.29 is 8.42 Å². The van der Waals surface area contributed by atoms with Crippen LogP contribution in [0.25, 0.3) is 10.9 Å². The summed E-state index contributed by atoms with van der Waals surface area (Å²) in [6.07, 6.45) is 1.78. The molecule has 0 aliphatic heterocycles. The number of halogens is 2. The SMILES string of the molecule is O=S(=O)(Nc1ccc2[nH]ccc2c1)c1ccc(Cl)nc1Cl. The molecule has 108 valence electrons. The fourth-order valence-corrected chi connectivity index (χ4v) is 3.64. The second-order valence-corrected chi connectivity index (χ2v) is 6.70. The molecular weight excluding hydrogens is 333 g/mol. The number of H-pyrrole nitrogens is 1. The highest BCUT2D eigenvalue weighted by molar-refractivity contribution is 7.92. The van der Waals surface area contributed by atoms with E-state index in [0.717, 1.165) is 10.9 Å². The molecule has 0 unspecified atom stereocenters. The Balaban J connectivity index is 1.98. The molecular formula is C13H9Cl2N3O2S. The Labute approximate surface area is 131 Å². The molecule has 2 N–H and O–H groups in total. The van der Waals surface area contributed by atoms with Crippen LogP contribution in [-0.2, 0) is 10.0 Å². The van der Waals surface area contributed by atoms with Crippen LogP contribution in [0.4, 0.5) is 5.69 Å². The van der Waals surface area contributed by atoms with Crippen LogP contribution in [-0.4, -0.2) is 18.4 Å². The summed E-state index contributed by atoms with van der Waals surface area (Å²) in [5, 5.41) is 0.862. The molecule has 3 rings (SSSR count). The zero-order valence-corrected chi connectivity index (χ0v) is 12.8. The molecule has 3 aromatic rings. The van der Waals surface area contributed by atoms with E-state index in [1.165, 1.54) is 12.1 Å². The maximum atomic E-state index is 12.3. The van der Waals surface area contributed by atoms with Gasteiger partial charge < -0.3 is 4.98 Å². The normalized spacial score (nSPS) is 11.7. The minimum Gasteiger partial charge on any atom is -0.361 e. The van der Waals surface area contributed by atoms with Gasteiger partial charge in [0, 0.05) is 22.8 Å². The van der Waals surface area contributed by atoms with Gasteiger partial charge in [0.1, 0.15) is 10.0 Å². The highest BCUT2D eigenvalue weighted by Crippen LogP contribution is 2.25. The van der Waals surface area contributed by atoms with E-state index in [1.807, 2.05) is 6.07 Å². The second-order valence-electron chi connectivity index (χ2n) is 4.31. The van der Waals surface area contributed by atoms with Crippen LogP contribution in [0.2, 0.25) is 10.3 Å². The van der Waals surface area contributed by atoms with E-state index < -0.39 is 10.0 Å². The Hall–Kier alpha value is -1.76. The standard InChI is InChI=1S/C13H9Cl2N3O2S/c14-12-4-3-11(13(15)17-12)21(19,20)18-9-1-2-10-8(7-9)5-6-16-10/h1-7,16,18H. The zero-order chi connectivity index (χ0) is 15.0. The molecule has 2 aromatic heterocycles. The van der Waals surface area contributed by atoms with E-state index in [0.29, 0.717) is 5.69 Å². The number of hydrogen-bond donors (Lipinski definition) is 2. The van der Waals surface area contributed by atoms with Crippen LogP contribution in [0.5, 0.6) is 0 Å². The third-order valence-electron chi connectivity index (χ3n) is 2.88. The Morgan fingerprint density at radius 3 is 2.67 bits per heavy atom. The van der Waals surface area contributed by atoms with E-state index >= 15 is 0 Å². The number of pyridine rings is 1. The molecule has 5 nitrogen and oxygen atoms in total.